The largest absolute Gasteiger partial charge is 0.356 e. The van der Waals surface area contributed by atoms with E-state index in [4.69, 9.17) is 5.73 Å². The third-order valence-corrected chi connectivity index (χ3v) is 3.91. The minimum absolute atomic E-state index is 0.0611. The maximum absolute atomic E-state index is 12.2. The van der Waals surface area contributed by atoms with Crippen LogP contribution in [0, 0.1) is 17.3 Å². The van der Waals surface area contributed by atoms with Gasteiger partial charge in [-0.3, -0.25) is 4.79 Å². The lowest BCUT2D eigenvalue weighted by Gasteiger charge is -2.25. The zero-order valence-electron chi connectivity index (χ0n) is 13.7. The molecular weight excluding hydrogens is 250 g/mol. The molecule has 3 N–H and O–H groups in total. The lowest BCUT2D eigenvalue weighted by Crippen LogP contribution is -2.40. The first kappa shape index (κ1) is 17.4. The smallest absolute Gasteiger partial charge is 0.224 e. The van der Waals surface area contributed by atoms with Crippen molar-refractivity contribution in [2.24, 2.45) is 23.0 Å². The predicted octanol–water partition coefficient (Wildman–Crippen LogP) is 1.85. The van der Waals surface area contributed by atoms with Gasteiger partial charge in [-0.15, -0.1) is 0 Å². The molecule has 4 heteroatoms. The fourth-order valence-electron chi connectivity index (χ4n) is 2.91. The van der Waals surface area contributed by atoms with Crippen LogP contribution >= 0.6 is 0 Å². The van der Waals surface area contributed by atoms with Crippen LogP contribution in [-0.4, -0.2) is 43.5 Å². The number of amides is 1. The molecule has 1 fully saturated rings. The van der Waals surface area contributed by atoms with Crippen molar-refractivity contribution in [2.45, 2.75) is 47.0 Å². The van der Waals surface area contributed by atoms with E-state index in [1.54, 1.807) is 0 Å². The average Bonchev–Trinajstić information content (AvgIpc) is 2.84. The highest BCUT2D eigenvalue weighted by Gasteiger charge is 2.24. The van der Waals surface area contributed by atoms with Crippen LogP contribution in [0.3, 0.4) is 0 Å². The molecule has 0 aromatic carbocycles. The van der Waals surface area contributed by atoms with Crippen molar-refractivity contribution in [1.29, 1.82) is 0 Å². The van der Waals surface area contributed by atoms with E-state index in [2.05, 4.69) is 37.9 Å². The van der Waals surface area contributed by atoms with Crippen molar-refractivity contribution in [3.05, 3.63) is 0 Å². The summed E-state index contributed by atoms with van der Waals surface area (Å²) in [4.78, 5) is 14.7. The van der Waals surface area contributed by atoms with Gasteiger partial charge in [-0.05, 0) is 43.7 Å². The van der Waals surface area contributed by atoms with Gasteiger partial charge in [0.2, 0.25) is 5.91 Å². The normalized spacial score (nSPS) is 19.9. The first-order valence-electron chi connectivity index (χ1n) is 8.02. The van der Waals surface area contributed by atoms with Crippen molar-refractivity contribution in [3.8, 4) is 0 Å². The van der Waals surface area contributed by atoms with E-state index in [0.29, 0.717) is 12.5 Å². The Bertz CT molecular complexity index is 293. The second-order valence-electron chi connectivity index (χ2n) is 7.56. The predicted molar refractivity (Wildman–Crippen MR) is 84.5 cm³/mol. The van der Waals surface area contributed by atoms with E-state index in [-0.39, 0.29) is 17.2 Å². The summed E-state index contributed by atoms with van der Waals surface area (Å²) < 4.78 is 0. The highest BCUT2D eigenvalue weighted by Crippen LogP contribution is 2.24. The monoisotopic (exact) mass is 283 g/mol. The summed E-state index contributed by atoms with van der Waals surface area (Å²) in [5, 5.41) is 3.08. The molecule has 0 bridgehead atoms. The molecule has 0 aromatic rings. The van der Waals surface area contributed by atoms with Gasteiger partial charge in [-0.2, -0.15) is 0 Å². The summed E-state index contributed by atoms with van der Waals surface area (Å²) >= 11 is 0. The van der Waals surface area contributed by atoms with Crippen LogP contribution < -0.4 is 11.1 Å². The Morgan fingerprint density at radius 2 is 1.90 bits per heavy atom. The Hall–Kier alpha value is -0.610. The zero-order chi connectivity index (χ0) is 15.2. The summed E-state index contributed by atoms with van der Waals surface area (Å²) in [5.41, 5.74) is 5.89. The highest BCUT2D eigenvalue weighted by atomic mass is 16.1. The van der Waals surface area contributed by atoms with Crippen LogP contribution in [-0.2, 0) is 4.79 Å². The van der Waals surface area contributed by atoms with E-state index in [0.717, 1.165) is 19.5 Å². The summed E-state index contributed by atoms with van der Waals surface area (Å²) in [6.45, 7) is 13.4. The van der Waals surface area contributed by atoms with Crippen LogP contribution in [0.5, 0.6) is 0 Å². The number of hydrogen-bond acceptors (Lipinski definition) is 3. The molecule has 2 unspecified atom stereocenters. The lowest BCUT2D eigenvalue weighted by molar-refractivity contribution is -0.125. The molecule has 0 spiro atoms. The van der Waals surface area contributed by atoms with Crippen molar-refractivity contribution < 1.29 is 4.79 Å². The molecule has 20 heavy (non-hydrogen) atoms. The van der Waals surface area contributed by atoms with Crippen molar-refractivity contribution in [1.82, 2.24) is 10.2 Å². The van der Waals surface area contributed by atoms with Crippen LogP contribution in [0.15, 0.2) is 0 Å². The molecular formula is C16H33N3O. The average molecular weight is 283 g/mol. The molecule has 0 radical (unpaired) electrons. The first-order valence-corrected chi connectivity index (χ1v) is 8.02. The number of nitrogens with zero attached hydrogens (tertiary/aromatic N) is 1. The Morgan fingerprint density at radius 3 is 2.40 bits per heavy atom. The van der Waals surface area contributed by atoms with E-state index >= 15 is 0 Å². The Kier molecular flexibility index (Phi) is 6.96. The second-order valence-corrected chi connectivity index (χ2v) is 7.56. The van der Waals surface area contributed by atoms with Gasteiger partial charge < -0.3 is 16.0 Å². The maximum atomic E-state index is 12.2. The molecule has 118 valence electrons. The third kappa shape index (κ3) is 6.71. The topological polar surface area (TPSA) is 58.4 Å². The fourth-order valence-corrected chi connectivity index (χ4v) is 2.91. The van der Waals surface area contributed by atoms with E-state index in [1.807, 2.05) is 0 Å². The van der Waals surface area contributed by atoms with E-state index in [1.165, 1.54) is 25.9 Å². The van der Waals surface area contributed by atoms with Gasteiger partial charge in [0.05, 0.1) is 5.92 Å². The minimum atomic E-state index is -0.0611. The Morgan fingerprint density at radius 1 is 1.30 bits per heavy atom. The summed E-state index contributed by atoms with van der Waals surface area (Å²) in [7, 11) is 0. The van der Waals surface area contributed by atoms with Gasteiger partial charge in [0.15, 0.2) is 0 Å². The summed E-state index contributed by atoms with van der Waals surface area (Å²) in [6, 6.07) is 0. The minimum Gasteiger partial charge on any atom is -0.356 e. The van der Waals surface area contributed by atoms with Crippen molar-refractivity contribution in [3.63, 3.8) is 0 Å². The number of hydrogen-bond donors (Lipinski definition) is 2. The summed E-state index contributed by atoms with van der Waals surface area (Å²) in [6.07, 6.45) is 3.48. The van der Waals surface area contributed by atoms with Crippen LogP contribution in [0.1, 0.15) is 47.0 Å². The molecule has 2 atom stereocenters. The Labute approximate surface area is 124 Å². The molecule has 0 aliphatic carbocycles. The van der Waals surface area contributed by atoms with Gasteiger partial charge in [-0.1, -0.05) is 27.7 Å². The number of carbonyl (C=O) groups is 1. The van der Waals surface area contributed by atoms with Gasteiger partial charge in [0.25, 0.3) is 0 Å². The first-order chi connectivity index (χ1) is 9.31. The third-order valence-electron chi connectivity index (χ3n) is 3.91. The second kappa shape index (κ2) is 7.99. The highest BCUT2D eigenvalue weighted by molar-refractivity contribution is 5.78. The molecule has 0 aromatic heterocycles. The standard InChI is InChI=1S/C16H33N3O/c1-13(12-19-7-5-6-8-19)11-18-15(20)14(10-17)9-16(2,3)4/h13-14H,5-12,17H2,1-4H3,(H,18,20). The van der Waals surface area contributed by atoms with Crippen LogP contribution in [0.2, 0.25) is 0 Å². The SMILES string of the molecule is CC(CNC(=O)C(CN)CC(C)(C)C)CN1CCCC1. The van der Waals surface area contributed by atoms with Crippen molar-refractivity contribution >= 4 is 5.91 Å². The van der Waals surface area contributed by atoms with E-state index in [9.17, 15) is 4.79 Å². The van der Waals surface area contributed by atoms with E-state index < -0.39 is 0 Å². The lowest BCUT2D eigenvalue weighted by atomic mass is 9.84. The number of nitrogens with one attached hydrogen (secondary N) is 1. The molecule has 1 aliphatic rings. The van der Waals surface area contributed by atoms with Gasteiger partial charge in [0.1, 0.15) is 0 Å². The van der Waals surface area contributed by atoms with Gasteiger partial charge >= 0.3 is 0 Å². The molecule has 4 nitrogen and oxygen atoms in total. The number of rotatable bonds is 7. The number of likely N-dealkylation sites (tertiary alicyclic amines) is 1. The molecule has 1 aliphatic heterocycles. The molecule has 1 amide bonds. The zero-order valence-corrected chi connectivity index (χ0v) is 13.7. The number of carbonyl (C=O) groups excluding carboxylic acids is 1. The van der Waals surface area contributed by atoms with Gasteiger partial charge in [0, 0.05) is 19.6 Å². The van der Waals surface area contributed by atoms with Crippen molar-refractivity contribution in [2.75, 3.05) is 32.7 Å². The Balaban J connectivity index is 2.29. The van der Waals surface area contributed by atoms with Gasteiger partial charge in [-0.25, -0.2) is 0 Å². The molecule has 1 rings (SSSR count). The quantitative estimate of drug-likeness (QED) is 0.749. The molecule has 1 saturated heterocycles. The van der Waals surface area contributed by atoms with Crippen LogP contribution in [0.4, 0.5) is 0 Å². The summed E-state index contributed by atoms with van der Waals surface area (Å²) in [5.74, 6) is 0.565. The molecule has 1 heterocycles. The van der Waals surface area contributed by atoms with Crippen LogP contribution in [0.25, 0.3) is 0 Å². The maximum Gasteiger partial charge on any atom is 0.224 e. The fraction of sp³-hybridized carbons (Fsp3) is 0.938. The molecule has 0 saturated carbocycles. The number of nitrogens with two attached hydrogens (primary N) is 1.